The molecule has 28 heavy (non-hydrogen) atoms. The van der Waals surface area contributed by atoms with Crippen molar-refractivity contribution in [2.75, 3.05) is 6.61 Å². The lowest BCUT2D eigenvalue weighted by Crippen LogP contribution is -2.26. The molecule has 2 atom stereocenters. The Hall–Kier alpha value is -2.37. The first-order valence-corrected chi connectivity index (χ1v) is 9.67. The minimum atomic E-state index is -4.38. The number of ether oxygens (including phenoxy) is 1. The van der Waals surface area contributed by atoms with Crippen molar-refractivity contribution in [3.8, 4) is 0 Å². The molecule has 1 aliphatic rings. The molecule has 2 aromatic rings. The van der Waals surface area contributed by atoms with E-state index in [2.05, 4.69) is 11.1 Å². The molecule has 0 radical (unpaired) electrons. The van der Waals surface area contributed by atoms with Gasteiger partial charge in [-0.25, -0.2) is 0 Å². The lowest BCUT2D eigenvalue weighted by Gasteiger charge is -2.28. The highest BCUT2D eigenvalue weighted by Gasteiger charge is 2.31. The van der Waals surface area contributed by atoms with Gasteiger partial charge in [-0.1, -0.05) is 19.1 Å². The van der Waals surface area contributed by atoms with E-state index in [-0.39, 0.29) is 17.8 Å². The number of nitrogens with zero attached hydrogens (tertiary/aromatic N) is 1. The number of fused-ring (bicyclic) bond motifs is 1. The predicted molar refractivity (Wildman–Crippen MR) is 102 cm³/mol. The first-order valence-electron chi connectivity index (χ1n) is 9.67. The van der Waals surface area contributed by atoms with Gasteiger partial charge in [-0.05, 0) is 67.9 Å². The van der Waals surface area contributed by atoms with Gasteiger partial charge < -0.3 is 4.74 Å². The monoisotopic (exact) mass is 391 g/mol. The highest BCUT2D eigenvalue weighted by atomic mass is 19.4. The van der Waals surface area contributed by atoms with Crippen LogP contribution in [0.25, 0.3) is 16.5 Å². The van der Waals surface area contributed by atoms with E-state index in [0.717, 1.165) is 54.3 Å². The van der Waals surface area contributed by atoms with E-state index < -0.39 is 11.7 Å². The van der Waals surface area contributed by atoms with Crippen LogP contribution >= 0.6 is 0 Å². The summed E-state index contributed by atoms with van der Waals surface area (Å²) >= 11 is 0. The summed E-state index contributed by atoms with van der Waals surface area (Å²) in [5, 5.41) is 0.720. The molecular weight excluding hydrogens is 367 g/mol. The zero-order valence-electron chi connectivity index (χ0n) is 16.1. The fourth-order valence-electron chi connectivity index (χ4n) is 4.01. The SMILES string of the molecule is CCOC(=O)C(CC)C1CC=C(c2ccnc3cc(C(F)(F)F)ccc23)CC1. The van der Waals surface area contributed by atoms with Crippen LogP contribution in [0.15, 0.2) is 36.5 Å². The molecule has 0 aliphatic heterocycles. The van der Waals surface area contributed by atoms with Crippen LogP contribution in [-0.2, 0) is 15.7 Å². The van der Waals surface area contributed by atoms with Crippen molar-refractivity contribution in [1.82, 2.24) is 4.98 Å². The van der Waals surface area contributed by atoms with Gasteiger partial charge in [0.25, 0.3) is 0 Å². The van der Waals surface area contributed by atoms with E-state index in [9.17, 15) is 18.0 Å². The number of carbonyl (C=O) groups is 1. The molecule has 3 nitrogen and oxygen atoms in total. The maximum absolute atomic E-state index is 13.0. The number of alkyl halides is 3. The molecule has 0 spiro atoms. The highest BCUT2D eigenvalue weighted by Crippen LogP contribution is 2.38. The molecule has 1 heterocycles. The summed E-state index contributed by atoms with van der Waals surface area (Å²) in [5.41, 5.74) is 1.67. The van der Waals surface area contributed by atoms with Gasteiger partial charge in [-0.3, -0.25) is 9.78 Å². The summed E-state index contributed by atoms with van der Waals surface area (Å²) in [6, 6.07) is 5.55. The first kappa shape index (κ1) is 20.4. The second-order valence-corrected chi connectivity index (χ2v) is 7.12. The summed E-state index contributed by atoms with van der Waals surface area (Å²) in [6.45, 7) is 4.18. The number of esters is 1. The van der Waals surface area contributed by atoms with E-state index in [0.29, 0.717) is 12.1 Å². The second kappa shape index (κ2) is 8.33. The number of benzene rings is 1. The molecule has 0 bridgehead atoms. The summed E-state index contributed by atoms with van der Waals surface area (Å²) in [6.07, 6.45) is 2.42. The highest BCUT2D eigenvalue weighted by molar-refractivity contribution is 5.92. The zero-order chi connectivity index (χ0) is 20.3. The molecule has 3 rings (SSSR count). The third-order valence-electron chi connectivity index (χ3n) is 5.47. The zero-order valence-corrected chi connectivity index (χ0v) is 16.1. The van der Waals surface area contributed by atoms with Crippen LogP contribution in [0.3, 0.4) is 0 Å². The van der Waals surface area contributed by atoms with Crippen LogP contribution in [0.2, 0.25) is 0 Å². The topological polar surface area (TPSA) is 39.2 Å². The van der Waals surface area contributed by atoms with Gasteiger partial charge in [0, 0.05) is 11.6 Å². The quantitative estimate of drug-likeness (QED) is 0.585. The fraction of sp³-hybridized carbons (Fsp3) is 0.455. The summed E-state index contributed by atoms with van der Waals surface area (Å²) in [4.78, 5) is 16.3. The van der Waals surface area contributed by atoms with Crippen molar-refractivity contribution >= 4 is 22.4 Å². The first-order chi connectivity index (χ1) is 13.3. The third kappa shape index (κ3) is 4.21. The van der Waals surface area contributed by atoms with E-state index in [1.165, 1.54) is 6.07 Å². The van der Waals surface area contributed by atoms with Gasteiger partial charge in [0.05, 0.1) is 23.6 Å². The van der Waals surface area contributed by atoms with Gasteiger partial charge in [0.1, 0.15) is 0 Å². The van der Waals surface area contributed by atoms with Crippen LogP contribution in [0.4, 0.5) is 13.2 Å². The normalized spacial score (nSPS) is 18.6. The van der Waals surface area contributed by atoms with Gasteiger partial charge in [-0.2, -0.15) is 13.2 Å². The number of allylic oxidation sites excluding steroid dienone is 2. The molecule has 0 saturated heterocycles. The molecule has 1 aromatic carbocycles. The van der Waals surface area contributed by atoms with Gasteiger partial charge in [0.2, 0.25) is 0 Å². The van der Waals surface area contributed by atoms with Crippen molar-refractivity contribution in [2.45, 2.75) is 45.7 Å². The Bertz CT molecular complexity index is 889. The van der Waals surface area contributed by atoms with Crippen LogP contribution in [0, 0.1) is 11.8 Å². The molecule has 0 N–H and O–H groups in total. The molecule has 2 unspecified atom stereocenters. The number of hydrogen-bond donors (Lipinski definition) is 0. The molecule has 1 aromatic heterocycles. The smallest absolute Gasteiger partial charge is 0.416 e. The molecule has 0 fully saturated rings. The molecule has 1 aliphatic carbocycles. The van der Waals surface area contributed by atoms with Gasteiger partial charge in [0.15, 0.2) is 0 Å². The molecule has 0 amide bonds. The molecular formula is C22H24F3NO2. The van der Waals surface area contributed by atoms with E-state index in [1.54, 1.807) is 6.20 Å². The Morgan fingerprint density at radius 2 is 2.07 bits per heavy atom. The summed E-state index contributed by atoms with van der Waals surface area (Å²) in [7, 11) is 0. The van der Waals surface area contributed by atoms with Crippen LogP contribution < -0.4 is 0 Å². The Balaban J connectivity index is 1.86. The van der Waals surface area contributed by atoms with Crippen LogP contribution in [0.1, 0.15) is 50.7 Å². The second-order valence-electron chi connectivity index (χ2n) is 7.12. The number of pyridine rings is 1. The van der Waals surface area contributed by atoms with E-state index >= 15 is 0 Å². The minimum absolute atomic E-state index is 0.110. The maximum Gasteiger partial charge on any atom is 0.416 e. The Morgan fingerprint density at radius 1 is 1.29 bits per heavy atom. The Labute approximate surface area is 162 Å². The Morgan fingerprint density at radius 3 is 2.68 bits per heavy atom. The summed E-state index contributed by atoms with van der Waals surface area (Å²) < 4.78 is 44.1. The molecule has 0 saturated carbocycles. The molecule has 150 valence electrons. The van der Waals surface area contributed by atoms with Crippen molar-refractivity contribution in [3.63, 3.8) is 0 Å². The van der Waals surface area contributed by atoms with Crippen molar-refractivity contribution in [3.05, 3.63) is 47.7 Å². The number of halogens is 3. The molecule has 6 heteroatoms. The predicted octanol–water partition coefficient (Wildman–Crippen LogP) is 6.03. The van der Waals surface area contributed by atoms with Gasteiger partial charge in [-0.15, -0.1) is 0 Å². The van der Waals surface area contributed by atoms with Crippen molar-refractivity contribution in [1.29, 1.82) is 0 Å². The van der Waals surface area contributed by atoms with Crippen molar-refractivity contribution < 1.29 is 22.7 Å². The maximum atomic E-state index is 13.0. The summed E-state index contributed by atoms with van der Waals surface area (Å²) in [5.74, 6) is -0.0140. The number of hydrogen-bond acceptors (Lipinski definition) is 3. The minimum Gasteiger partial charge on any atom is -0.466 e. The van der Waals surface area contributed by atoms with Crippen LogP contribution in [0.5, 0.6) is 0 Å². The van der Waals surface area contributed by atoms with Crippen molar-refractivity contribution in [2.24, 2.45) is 11.8 Å². The number of carbonyl (C=O) groups excluding carboxylic acids is 1. The lowest BCUT2D eigenvalue weighted by atomic mass is 9.78. The number of rotatable bonds is 5. The Kier molecular flexibility index (Phi) is 6.06. The van der Waals surface area contributed by atoms with E-state index in [1.807, 2.05) is 19.9 Å². The average Bonchev–Trinajstić information content (AvgIpc) is 2.68. The van der Waals surface area contributed by atoms with Gasteiger partial charge >= 0.3 is 12.1 Å². The lowest BCUT2D eigenvalue weighted by molar-refractivity contribution is -0.150. The van der Waals surface area contributed by atoms with E-state index in [4.69, 9.17) is 4.74 Å². The standard InChI is InChI=1S/C22H24F3NO2/c1-3-17(21(27)28-4-2)14-5-7-15(8-6-14)18-11-12-26-20-13-16(22(23,24)25)9-10-19(18)20/h7,9-14,17H,3-6,8H2,1-2H3. The fourth-order valence-corrected chi connectivity index (χ4v) is 4.01. The average molecular weight is 391 g/mol. The number of aromatic nitrogens is 1. The third-order valence-corrected chi connectivity index (χ3v) is 5.47. The largest absolute Gasteiger partial charge is 0.466 e. The van der Waals surface area contributed by atoms with Crippen LogP contribution in [-0.4, -0.2) is 17.6 Å².